The van der Waals surface area contributed by atoms with Crippen molar-refractivity contribution in [2.75, 3.05) is 23.7 Å². The number of anilines is 2. The zero-order chi connectivity index (χ0) is 28.2. The molecule has 12 heteroatoms. The van der Waals surface area contributed by atoms with Crippen LogP contribution in [0.3, 0.4) is 0 Å². The third kappa shape index (κ3) is 4.76. The number of nitrogen functional groups attached to an aromatic ring is 1. The molecule has 1 unspecified atom stereocenters. The Morgan fingerprint density at radius 2 is 1.95 bits per heavy atom. The highest BCUT2D eigenvalue weighted by Crippen LogP contribution is 2.52. The molecule has 1 aliphatic carbocycles. The zero-order valence-electron chi connectivity index (χ0n) is 23.0. The van der Waals surface area contributed by atoms with E-state index in [-0.39, 0.29) is 16.2 Å². The number of aryl methyl sites for hydroxylation is 1. The van der Waals surface area contributed by atoms with Crippen molar-refractivity contribution >= 4 is 51.8 Å². The summed E-state index contributed by atoms with van der Waals surface area (Å²) in [5.41, 5.74) is 10.1. The van der Waals surface area contributed by atoms with Crippen molar-refractivity contribution in [2.45, 2.75) is 67.5 Å². The van der Waals surface area contributed by atoms with Crippen LogP contribution in [0, 0.1) is 12.3 Å². The van der Waals surface area contributed by atoms with Crippen molar-refractivity contribution < 1.29 is 4.21 Å². The average molecular weight is 597 g/mol. The van der Waals surface area contributed by atoms with Gasteiger partial charge in [0.1, 0.15) is 12.1 Å². The van der Waals surface area contributed by atoms with Gasteiger partial charge in [0.05, 0.1) is 37.4 Å². The summed E-state index contributed by atoms with van der Waals surface area (Å²) in [6, 6.07) is 10.5. The molecular weight excluding hydrogens is 564 g/mol. The summed E-state index contributed by atoms with van der Waals surface area (Å²) < 4.78 is 18.4. The summed E-state index contributed by atoms with van der Waals surface area (Å²) in [5, 5.41) is 9.09. The molecule has 3 N–H and O–H groups in total. The lowest BCUT2D eigenvalue weighted by atomic mass is 9.73. The molecule has 40 heavy (non-hydrogen) atoms. The highest BCUT2D eigenvalue weighted by Gasteiger charge is 2.49. The molecular formula is C28H33ClN8OS2. The van der Waals surface area contributed by atoms with Crippen LogP contribution in [0.25, 0.3) is 5.65 Å². The summed E-state index contributed by atoms with van der Waals surface area (Å²) >= 11 is 7.90. The maximum Gasteiger partial charge on any atom is 0.212 e. The van der Waals surface area contributed by atoms with Crippen molar-refractivity contribution in [2.24, 2.45) is 5.41 Å². The number of halogens is 1. The molecule has 0 bridgehead atoms. The van der Waals surface area contributed by atoms with Gasteiger partial charge in [-0.15, -0.1) is 10.2 Å². The van der Waals surface area contributed by atoms with Gasteiger partial charge < -0.3 is 10.6 Å². The third-order valence-electron chi connectivity index (χ3n) is 8.00. The number of nitrogens with two attached hydrogens (primary N) is 1. The first kappa shape index (κ1) is 27.4. The van der Waals surface area contributed by atoms with Crippen LogP contribution >= 0.6 is 23.4 Å². The molecule has 4 aromatic rings. The predicted octanol–water partition coefficient (Wildman–Crippen LogP) is 5.15. The van der Waals surface area contributed by atoms with E-state index in [0.717, 1.165) is 59.4 Å². The van der Waals surface area contributed by atoms with Crippen LogP contribution in [0.2, 0.25) is 5.02 Å². The first-order valence-corrected chi connectivity index (χ1v) is 15.7. The van der Waals surface area contributed by atoms with Crippen LogP contribution in [0.4, 0.5) is 11.8 Å². The minimum absolute atomic E-state index is 0.00371. The lowest BCUT2D eigenvalue weighted by Crippen LogP contribution is -2.48. The number of rotatable bonds is 5. The van der Waals surface area contributed by atoms with E-state index in [0.29, 0.717) is 10.8 Å². The molecule has 1 aliphatic heterocycles. The van der Waals surface area contributed by atoms with Crippen LogP contribution < -0.4 is 15.4 Å². The fourth-order valence-electron chi connectivity index (χ4n) is 5.80. The molecule has 4 heterocycles. The number of fused-ring (bicyclic) bond motifs is 2. The number of pyridine rings is 1. The second-order valence-corrected chi connectivity index (χ2v) is 15.0. The molecule has 6 rings (SSSR count). The fourth-order valence-corrected chi connectivity index (χ4v) is 7.94. The number of nitrogens with one attached hydrogen (secondary N) is 1. The number of nitrogens with zero attached hydrogens (tertiary/aromatic N) is 6. The normalized spacial score (nSPS) is 19.3. The Kier molecular flexibility index (Phi) is 7.05. The molecule has 1 aromatic carbocycles. The van der Waals surface area contributed by atoms with E-state index in [1.165, 1.54) is 22.9 Å². The summed E-state index contributed by atoms with van der Waals surface area (Å²) in [5.74, 6) is 1.12. The second-order valence-electron chi connectivity index (χ2n) is 11.6. The molecule has 210 valence electrons. The number of piperidine rings is 1. The molecule has 2 atom stereocenters. The van der Waals surface area contributed by atoms with E-state index >= 15 is 0 Å². The Labute approximate surface area is 245 Å². The van der Waals surface area contributed by atoms with Crippen LogP contribution in [0.15, 0.2) is 52.6 Å². The Morgan fingerprint density at radius 1 is 1.20 bits per heavy atom. The van der Waals surface area contributed by atoms with Gasteiger partial charge in [0.15, 0.2) is 5.65 Å². The SMILES string of the molecule is Cc1nc(N2CCC3(CC2)Cc2ccccc2[C@H]3NS(=O)C(C)(C)C)n2cnnc2c1Sc1ccnc(N)c1Cl. The molecule has 9 nitrogen and oxygen atoms in total. The molecule has 1 spiro atoms. The van der Waals surface area contributed by atoms with Gasteiger partial charge in [-0.1, -0.05) is 47.6 Å². The van der Waals surface area contributed by atoms with E-state index in [2.05, 4.69) is 49.1 Å². The summed E-state index contributed by atoms with van der Waals surface area (Å²) in [4.78, 5) is 13.1. The lowest BCUT2D eigenvalue weighted by molar-refractivity contribution is 0.177. The molecule has 1 fully saturated rings. The first-order chi connectivity index (χ1) is 19.1. The van der Waals surface area contributed by atoms with Crippen molar-refractivity contribution in [3.63, 3.8) is 0 Å². The highest BCUT2D eigenvalue weighted by atomic mass is 35.5. The Hall–Kier alpha value is -2.73. The maximum atomic E-state index is 13.2. The Balaban J connectivity index is 1.28. The van der Waals surface area contributed by atoms with Gasteiger partial charge in [0, 0.05) is 24.2 Å². The third-order valence-corrected chi connectivity index (χ3v) is 11.3. The monoisotopic (exact) mass is 596 g/mol. The summed E-state index contributed by atoms with van der Waals surface area (Å²) in [6.07, 6.45) is 6.25. The minimum atomic E-state index is -1.17. The molecule has 0 radical (unpaired) electrons. The first-order valence-electron chi connectivity index (χ1n) is 13.4. The Morgan fingerprint density at radius 3 is 2.70 bits per heavy atom. The quantitative estimate of drug-likeness (QED) is 0.325. The number of hydrogen-bond acceptors (Lipinski definition) is 8. The molecule has 1 saturated heterocycles. The van der Waals surface area contributed by atoms with E-state index in [1.807, 2.05) is 38.2 Å². The number of aromatic nitrogens is 5. The van der Waals surface area contributed by atoms with E-state index in [9.17, 15) is 4.21 Å². The van der Waals surface area contributed by atoms with Gasteiger partial charge in [-0.25, -0.2) is 23.3 Å². The summed E-state index contributed by atoms with van der Waals surface area (Å²) in [6.45, 7) is 9.69. The zero-order valence-corrected chi connectivity index (χ0v) is 25.4. The largest absolute Gasteiger partial charge is 0.382 e. The van der Waals surface area contributed by atoms with Crippen molar-refractivity contribution in [3.05, 3.63) is 64.7 Å². The second kappa shape index (κ2) is 10.3. The maximum absolute atomic E-state index is 13.2. The molecule has 2 aliphatic rings. The van der Waals surface area contributed by atoms with Gasteiger partial charge >= 0.3 is 0 Å². The van der Waals surface area contributed by atoms with Crippen LogP contribution in [0.1, 0.15) is 56.5 Å². The fraction of sp³-hybridized carbons (Fsp3) is 0.429. The van der Waals surface area contributed by atoms with E-state index in [4.69, 9.17) is 22.3 Å². The number of benzene rings is 1. The van der Waals surface area contributed by atoms with Crippen LogP contribution in [-0.2, 0) is 17.4 Å². The average Bonchev–Trinajstić information content (AvgIpc) is 3.52. The van der Waals surface area contributed by atoms with Gasteiger partial charge in [-0.05, 0) is 69.6 Å². The smallest absolute Gasteiger partial charge is 0.212 e. The van der Waals surface area contributed by atoms with Crippen molar-refractivity contribution in [1.29, 1.82) is 0 Å². The minimum Gasteiger partial charge on any atom is -0.382 e. The Bertz CT molecular complexity index is 1610. The standard InChI is InChI=1S/C28H33ClN8OS2/c1-17-22(39-20-9-12-31-24(30)21(20)29)25-34-32-16-37(25)26(33-17)36-13-10-28(11-14-36)15-18-7-5-6-8-19(18)23(28)35-40(38)27(2,3)4/h5-9,12,16,23,35H,10-11,13-15H2,1-4H3,(H2,30,31)/t23-,40?/m1/s1. The predicted molar refractivity (Wildman–Crippen MR) is 161 cm³/mol. The van der Waals surface area contributed by atoms with Gasteiger partial charge in [-0.2, -0.15) is 0 Å². The summed E-state index contributed by atoms with van der Waals surface area (Å²) in [7, 11) is -1.17. The van der Waals surface area contributed by atoms with Crippen LogP contribution in [-0.4, -0.2) is 46.6 Å². The molecule has 0 saturated carbocycles. The topological polar surface area (TPSA) is 114 Å². The van der Waals surface area contributed by atoms with Gasteiger partial charge in [-0.3, -0.25) is 0 Å². The van der Waals surface area contributed by atoms with Gasteiger partial charge in [0.2, 0.25) is 5.95 Å². The van der Waals surface area contributed by atoms with Gasteiger partial charge in [0.25, 0.3) is 0 Å². The molecule has 0 amide bonds. The lowest BCUT2D eigenvalue weighted by Gasteiger charge is -2.44. The highest BCUT2D eigenvalue weighted by molar-refractivity contribution is 7.99. The van der Waals surface area contributed by atoms with Crippen LogP contribution in [0.5, 0.6) is 0 Å². The van der Waals surface area contributed by atoms with Crippen molar-refractivity contribution in [3.8, 4) is 0 Å². The van der Waals surface area contributed by atoms with Crippen molar-refractivity contribution in [1.82, 2.24) is 29.3 Å². The van der Waals surface area contributed by atoms with E-state index in [1.54, 1.807) is 12.5 Å². The number of hydrogen-bond donors (Lipinski definition) is 2. The van der Waals surface area contributed by atoms with E-state index < -0.39 is 11.0 Å². The molecule has 3 aromatic heterocycles.